The Morgan fingerprint density at radius 1 is 1.26 bits per heavy atom. The highest BCUT2D eigenvalue weighted by atomic mass is 32.1. The monoisotopic (exact) mass is 388 g/mol. The Hall–Kier alpha value is -1.99. The molecular formula is C20H28N4O2S. The molecule has 2 aromatic rings. The fourth-order valence-electron chi connectivity index (χ4n) is 3.62. The molecule has 27 heavy (non-hydrogen) atoms. The number of aryl methyl sites for hydroxylation is 1. The summed E-state index contributed by atoms with van der Waals surface area (Å²) in [5.41, 5.74) is 2.07. The number of rotatable bonds is 6. The van der Waals surface area contributed by atoms with Crippen molar-refractivity contribution in [1.29, 1.82) is 0 Å². The van der Waals surface area contributed by atoms with Crippen LogP contribution in [-0.4, -0.2) is 51.7 Å². The van der Waals surface area contributed by atoms with Gasteiger partial charge in [0.15, 0.2) is 0 Å². The summed E-state index contributed by atoms with van der Waals surface area (Å²) in [4.78, 5) is 17.1. The molecule has 1 aliphatic heterocycles. The first kappa shape index (κ1) is 19.8. The molecule has 146 valence electrons. The third-order valence-corrected chi connectivity index (χ3v) is 5.62. The molecule has 6 nitrogen and oxygen atoms in total. The summed E-state index contributed by atoms with van der Waals surface area (Å²) in [6, 6.07) is 7.99. The van der Waals surface area contributed by atoms with Crippen molar-refractivity contribution in [1.82, 2.24) is 19.6 Å². The second-order valence-corrected chi connectivity index (χ2v) is 7.38. The molecule has 0 unspecified atom stereocenters. The minimum atomic E-state index is 0.133. The summed E-state index contributed by atoms with van der Waals surface area (Å²) in [7, 11) is 0. The van der Waals surface area contributed by atoms with Gasteiger partial charge >= 0.3 is 0 Å². The van der Waals surface area contributed by atoms with Gasteiger partial charge in [-0.15, -0.1) is 5.10 Å². The van der Waals surface area contributed by atoms with Crippen molar-refractivity contribution in [3.05, 3.63) is 34.7 Å². The van der Waals surface area contributed by atoms with Gasteiger partial charge in [-0.05, 0) is 57.5 Å². The summed E-state index contributed by atoms with van der Waals surface area (Å²) >= 11 is 5.36. The van der Waals surface area contributed by atoms with Gasteiger partial charge in [-0.25, -0.2) is 4.68 Å². The Bertz CT molecular complexity index is 833. The molecule has 7 heteroatoms. The first-order valence-electron chi connectivity index (χ1n) is 9.68. The minimum absolute atomic E-state index is 0.133. The van der Waals surface area contributed by atoms with Gasteiger partial charge in [0.1, 0.15) is 0 Å². The molecule has 0 saturated carbocycles. The summed E-state index contributed by atoms with van der Waals surface area (Å²) in [5, 5.41) is 4.57. The topological polar surface area (TPSA) is 54.5 Å². The number of hydrogen-bond acceptors (Lipinski definition) is 5. The van der Waals surface area contributed by atoms with E-state index in [1.807, 2.05) is 49.9 Å². The second kappa shape index (κ2) is 8.80. The molecule has 0 radical (unpaired) electrons. The highest BCUT2D eigenvalue weighted by Crippen LogP contribution is 2.23. The Kier molecular flexibility index (Phi) is 6.44. The minimum Gasteiger partial charge on any atom is -0.409 e. The van der Waals surface area contributed by atoms with Crippen LogP contribution in [0.4, 0.5) is 0 Å². The zero-order valence-corrected chi connectivity index (χ0v) is 17.2. The van der Waals surface area contributed by atoms with E-state index in [1.54, 1.807) is 4.68 Å². The van der Waals surface area contributed by atoms with Crippen LogP contribution >= 0.6 is 12.2 Å². The third kappa shape index (κ3) is 4.47. The second-order valence-electron chi connectivity index (χ2n) is 7.03. The summed E-state index contributed by atoms with van der Waals surface area (Å²) < 4.78 is 7.46. The smallest absolute Gasteiger partial charge is 0.288 e. The Morgan fingerprint density at radius 3 is 2.56 bits per heavy atom. The van der Waals surface area contributed by atoms with Gasteiger partial charge < -0.3 is 9.32 Å². The molecule has 1 aromatic carbocycles. The van der Waals surface area contributed by atoms with Crippen LogP contribution in [0.15, 0.2) is 28.7 Å². The molecule has 0 N–H and O–H groups in total. The summed E-state index contributed by atoms with van der Waals surface area (Å²) in [6.07, 6.45) is 1.76. The SMILES string of the molecule is CCN(CC)C(=O)C1CCN(Cn2nc(-c3ccccc3C)oc2=S)CC1. The van der Waals surface area contributed by atoms with Gasteiger partial charge in [0.05, 0.1) is 6.67 Å². The molecule has 3 rings (SSSR count). The third-order valence-electron chi connectivity index (χ3n) is 5.33. The lowest BCUT2D eigenvalue weighted by Crippen LogP contribution is -2.43. The van der Waals surface area contributed by atoms with E-state index in [1.165, 1.54) is 0 Å². The lowest BCUT2D eigenvalue weighted by atomic mass is 9.95. The maximum Gasteiger partial charge on any atom is 0.288 e. The van der Waals surface area contributed by atoms with Crippen molar-refractivity contribution in [2.45, 2.75) is 40.3 Å². The largest absolute Gasteiger partial charge is 0.409 e. The van der Waals surface area contributed by atoms with Crippen LogP contribution in [0.3, 0.4) is 0 Å². The molecule has 0 atom stereocenters. The van der Waals surface area contributed by atoms with E-state index in [0.29, 0.717) is 23.3 Å². The normalized spacial score (nSPS) is 15.8. The molecular weight excluding hydrogens is 360 g/mol. The number of amides is 1. The number of nitrogens with zero attached hydrogens (tertiary/aromatic N) is 4. The lowest BCUT2D eigenvalue weighted by Gasteiger charge is -2.33. The standard InChI is InChI=1S/C20H28N4O2S/c1-4-23(5-2)19(25)16-10-12-22(13-11-16)14-24-20(27)26-18(21-24)17-9-7-6-8-15(17)3/h6-9,16H,4-5,10-14H2,1-3H3. The van der Waals surface area contributed by atoms with Crippen molar-refractivity contribution in [3.63, 3.8) is 0 Å². The Labute approximate surface area is 165 Å². The van der Waals surface area contributed by atoms with Crippen LogP contribution in [0.1, 0.15) is 32.3 Å². The van der Waals surface area contributed by atoms with Gasteiger partial charge in [0.25, 0.3) is 4.84 Å². The maximum absolute atomic E-state index is 12.5. The van der Waals surface area contributed by atoms with E-state index in [-0.39, 0.29) is 5.92 Å². The molecule has 2 heterocycles. The number of aromatic nitrogens is 2. The number of piperidine rings is 1. The number of carbonyl (C=O) groups is 1. The number of carbonyl (C=O) groups excluding carboxylic acids is 1. The van der Waals surface area contributed by atoms with Crippen molar-refractivity contribution in [2.75, 3.05) is 26.2 Å². The van der Waals surface area contributed by atoms with Gasteiger partial charge in [0.2, 0.25) is 11.8 Å². The predicted octanol–water partition coefficient (Wildman–Crippen LogP) is 3.72. The van der Waals surface area contributed by atoms with E-state index in [2.05, 4.69) is 10.00 Å². The predicted molar refractivity (Wildman–Crippen MR) is 108 cm³/mol. The molecule has 1 amide bonds. The summed E-state index contributed by atoms with van der Waals surface area (Å²) in [5.74, 6) is 0.984. The van der Waals surface area contributed by atoms with Crippen LogP contribution in [-0.2, 0) is 11.5 Å². The molecule has 0 bridgehead atoms. The number of hydrogen-bond donors (Lipinski definition) is 0. The van der Waals surface area contributed by atoms with E-state index in [0.717, 1.165) is 50.1 Å². The van der Waals surface area contributed by atoms with Crippen LogP contribution in [0.25, 0.3) is 11.5 Å². The zero-order valence-electron chi connectivity index (χ0n) is 16.4. The fraction of sp³-hybridized carbons (Fsp3) is 0.550. The van der Waals surface area contributed by atoms with Gasteiger partial charge in [-0.2, -0.15) is 0 Å². The average molecular weight is 389 g/mol. The van der Waals surface area contributed by atoms with Crippen LogP contribution in [0.5, 0.6) is 0 Å². The number of benzene rings is 1. The quantitative estimate of drug-likeness (QED) is 0.706. The first-order chi connectivity index (χ1) is 13.0. The molecule has 0 aliphatic carbocycles. The molecule has 0 spiro atoms. The van der Waals surface area contributed by atoms with Gasteiger partial charge in [0, 0.05) is 37.7 Å². The molecule has 1 aromatic heterocycles. The number of likely N-dealkylation sites (tertiary alicyclic amines) is 1. The van der Waals surface area contributed by atoms with E-state index >= 15 is 0 Å². The first-order valence-corrected chi connectivity index (χ1v) is 10.1. The lowest BCUT2D eigenvalue weighted by molar-refractivity contribution is -0.136. The van der Waals surface area contributed by atoms with Crippen molar-refractivity contribution >= 4 is 18.1 Å². The maximum atomic E-state index is 12.5. The highest BCUT2D eigenvalue weighted by molar-refractivity contribution is 7.71. The van der Waals surface area contributed by atoms with Crippen molar-refractivity contribution in [2.24, 2.45) is 5.92 Å². The summed E-state index contributed by atoms with van der Waals surface area (Å²) in [6.45, 7) is 10.0. The van der Waals surface area contributed by atoms with Gasteiger partial charge in [-0.3, -0.25) is 9.69 Å². The molecule has 1 aliphatic rings. The van der Waals surface area contributed by atoms with Crippen molar-refractivity contribution < 1.29 is 9.21 Å². The highest BCUT2D eigenvalue weighted by Gasteiger charge is 2.27. The van der Waals surface area contributed by atoms with Crippen molar-refractivity contribution in [3.8, 4) is 11.5 Å². The molecule has 1 fully saturated rings. The van der Waals surface area contributed by atoms with Crippen LogP contribution in [0.2, 0.25) is 0 Å². The Balaban J connectivity index is 1.62. The zero-order chi connectivity index (χ0) is 19.4. The fourth-order valence-corrected chi connectivity index (χ4v) is 3.80. The van der Waals surface area contributed by atoms with E-state index in [9.17, 15) is 4.79 Å². The van der Waals surface area contributed by atoms with E-state index < -0.39 is 0 Å². The van der Waals surface area contributed by atoms with Crippen LogP contribution in [0, 0.1) is 17.7 Å². The van der Waals surface area contributed by atoms with Crippen LogP contribution < -0.4 is 0 Å². The van der Waals surface area contributed by atoms with E-state index in [4.69, 9.17) is 16.6 Å². The average Bonchev–Trinajstić information content (AvgIpc) is 3.04. The molecule has 1 saturated heterocycles. The van der Waals surface area contributed by atoms with Gasteiger partial charge in [-0.1, -0.05) is 18.2 Å². The Morgan fingerprint density at radius 2 is 1.93 bits per heavy atom.